The highest BCUT2D eigenvalue weighted by Crippen LogP contribution is 2.57. The Morgan fingerprint density at radius 1 is 1.19 bits per heavy atom. The molecule has 0 saturated heterocycles. The van der Waals surface area contributed by atoms with Gasteiger partial charge in [-0.25, -0.2) is 4.79 Å². The Hall–Kier alpha value is -0.750. The Labute approximate surface area is 167 Å². The molecule has 2 rings (SSSR count). The molecule has 1 aromatic rings. The molecule has 1 amide bonds. The number of ether oxygens (including phenoxy) is 1. The maximum atomic E-state index is 13.3. The predicted octanol–water partition coefficient (Wildman–Crippen LogP) is 5.62. The second-order valence-corrected chi connectivity index (χ2v) is 9.89. The van der Waals surface area contributed by atoms with Crippen molar-refractivity contribution in [1.29, 1.82) is 0 Å². The zero-order chi connectivity index (χ0) is 19.4. The van der Waals surface area contributed by atoms with Gasteiger partial charge in [0.2, 0.25) is 3.79 Å². The lowest BCUT2D eigenvalue weighted by atomic mass is 10.1. The van der Waals surface area contributed by atoms with Crippen LogP contribution >= 0.6 is 42.4 Å². The third-order valence-corrected chi connectivity index (χ3v) is 6.02. The lowest BCUT2D eigenvalue weighted by Crippen LogP contribution is -2.43. The molecule has 1 heterocycles. The van der Waals surface area contributed by atoms with Gasteiger partial charge in [0.15, 0.2) is 5.78 Å². The molecule has 0 aromatic heterocycles. The van der Waals surface area contributed by atoms with Crippen LogP contribution in [-0.4, -0.2) is 35.5 Å². The average molecular weight is 443 g/mol. The third-order valence-electron chi connectivity index (χ3n) is 3.41. The summed E-state index contributed by atoms with van der Waals surface area (Å²) in [5, 5.41) is 0. The van der Waals surface area contributed by atoms with Crippen molar-refractivity contribution in [1.82, 2.24) is 0 Å². The summed E-state index contributed by atoms with van der Waals surface area (Å²) in [5.41, 5.74) is 1.24. The molecule has 10 heteroatoms. The first-order chi connectivity index (χ1) is 12.2. The summed E-state index contributed by atoms with van der Waals surface area (Å²) in [6, 6.07) is 7.07. The topological polar surface area (TPSA) is 65.1 Å². The van der Waals surface area contributed by atoms with Crippen LogP contribution in [0.3, 0.4) is 0 Å². The Balaban J connectivity index is 2.43. The molecule has 1 aliphatic rings. The molecule has 0 fully saturated rings. The molecule has 6 nitrogen and oxygen atoms in total. The molecule has 0 aliphatic carbocycles. The number of alkyl halides is 3. The first-order valence-electron chi connectivity index (χ1n) is 7.90. The first-order valence-corrected chi connectivity index (χ1v) is 10.6. The first kappa shape index (κ1) is 21.5. The summed E-state index contributed by atoms with van der Waals surface area (Å²) in [4.78, 5) is 13.9. The maximum absolute atomic E-state index is 13.3. The molecule has 0 radical (unpaired) electrons. The fourth-order valence-corrected chi connectivity index (χ4v) is 4.54. The van der Waals surface area contributed by atoms with Gasteiger partial charge in [-0.05, 0) is 31.6 Å². The van der Waals surface area contributed by atoms with E-state index >= 15 is 0 Å². The van der Waals surface area contributed by atoms with Gasteiger partial charge >= 0.3 is 13.7 Å². The molecule has 0 saturated carbocycles. The minimum absolute atomic E-state index is 0.153. The molecule has 0 N–H and O–H groups in total. The van der Waals surface area contributed by atoms with Gasteiger partial charge in [-0.15, -0.1) is 0 Å². The van der Waals surface area contributed by atoms with E-state index in [1.54, 1.807) is 38.1 Å². The zero-order valence-electron chi connectivity index (χ0n) is 14.2. The molecule has 0 spiro atoms. The molecule has 1 aliphatic heterocycles. The van der Waals surface area contributed by atoms with Crippen molar-refractivity contribution in [2.24, 2.45) is 0 Å². The van der Waals surface area contributed by atoms with Crippen LogP contribution in [0.15, 0.2) is 30.3 Å². The van der Waals surface area contributed by atoms with E-state index in [0.717, 1.165) is 5.56 Å². The van der Waals surface area contributed by atoms with Gasteiger partial charge in [0.05, 0.1) is 18.9 Å². The van der Waals surface area contributed by atoms with Crippen LogP contribution in [0, 0.1) is 0 Å². The van der Waals surface area contributed by atoms with Crippen LogP contribution in [0.25, 0.3) is 6.08 Å². The van der Waals surface area contributed by atoms with Crippen molar-refractivity contribution in [3.05, 3.63) is 35.9 Å². The highest BCUT2D eigenvalue weighted by Gasteiger charge is 2.44. The second kappa shape index (κ2) is 8.96. The number of para-hydroxylation sites is 1. The van der Waals surface area contributed by atoms with Gasteiger partial charge in [-0.1, -0.05) is 59.1 Å². The minimum Gasteiger partial charge on any atom is -0.445 e. The van der Waals surface area contributed by atoms with Crippen LogP contribution in [0.1, 0.15) is 19.4 Å². The van der Waals surface area contributed by atoms with Crippen molar-refractivity contribution in [2.75, 3.05) is 24.7 Å². The Bertz CT molecular complexity index is 712. The summed E-state index contributed by atoms with van der Waals surface area (Å²) in [7, 11) is -3.69. The number of hydrogen-bond donors (Lipinski definition) is 0. The molecule has 1 atom stereocenters. The fraction of sp³-hybridized carbons (Fsp3) is 0.438. The van der Waals surface area contributed by atoms with Crippen LogP contribution in [0.2, 0.25) is 0 Å². The quantitative estimate of drug-likeness (QED) is 0.423. The van der Waals surface area contributed by atoms with Gasteiger partial charge in [-0.2, -0.15) is 0 Å². The fourth-order valence-electron chi connectivity index (χ4n) is 2.48. The maximum Gasteiger partial charge on any atom is 0.415 e. The van der Waals surface area contributed by atoms with E-state index in [1.165, 1.54) is 4.90 Å². The van der Waals surface area contributed by atoms with Crippen molar-refractivity contribution in [3.8, 4) is 0 Å². The predicted molar refractivity (Wildman–Crippen MR) is 104 cm³/mol. The van der Waals surface area contributed by atoms with Crippen molar-refractivity contribution in [3.63, 3.8) is 0 Å². The highest BCUT2D eigenvalue weighted by atomic mass is 35.6. The zero-order valence-corrected chi connectivity index (χ0v) is 17.4. The van der Waals surface area contributed by atoms with Crippen molar-refractivity contribution < 1.29 is 23.1 Å². The Kier molecular flexibility index (Phi) is 7.43. The second-order valence-electron chi connectivity index (χ2n) is 5.25. The molecular weight excluding hydrogens is 424 g/mol. The van der Waals surface area contributed by atoms with E-state index in [1.807, 2.05) is 12.1 Å². The van der Waals surface area contributed by atoms with Crippen LogP contribution in [0.5, 0.6) is 0 Å². The Morgan fingerprint density at radius 3 is 2.38 bits per heavy atom. The number of anilines is 1. The van der Waals surface area contributed by atoms with Gasteiger partial charge in [0.25, 0.3) is 0 Å². The monoisotopic (exact) mass is 441 g/mol. The highest BCUT2D eigenvalue weighted by molar-refractivity contribution is 7.55. The minimum atomic E-state index is -3.69. The lowest BCUT2D eigenvalue weighted by molar-refractivity contribution is 0.153. The number of rotatable bonds is 6. The molecule has 26 heavy (non-hydrogen) atoms. The molecule has 1 aromatic carbocycles. The van der Waals surface area contributed by atoms with Gasteiger partial charge in [0.1, 0.15) is 6.61 Å². The number of amides is 1. The van der Waals surface area contributed by atoms with Crippen molar-refractivity contribution >= 4 is 60.3 Å². The number of carbonyl (C=O) groups excluding carboxylic acids is 1. The van der Waals surface area contributed by atoms with Gasteiger partial charge < -0.3 is 13.8 Å². The van der Waals surface area contributed by atoms with E-state index in [-0.39, 0.29) is 13.2 Å². The normalized spacial score (nSPS) is 17.1. The van der Waals surface area contributed by atoms with Gasteiger partial charge in [-0.3, -0.25) is 9.46 Å². The lowest BCUT2D eigenvalue weighted by Gasteiger charge is -2.36. The van der Waals surface area contributed by atoms with E-state index in [0.29, 0.717) is 5.69 Å². The number of halogens is 3. The summed E-state index contributed by atoms with van der Waals surface area (Å²) in [5.74, 6) is -1.000. The number of fused-ring (bicyclic) bond motifs is 1. The SMILES string of the molecule is CCOP(=O)(OCC)[C@@H]1C=Cc2ccccc2N1C(=O)OCC(Cl)(Cl)Cl. The van der Waals surface area contributed by atoms with E-state index in [4.69, 9.17) is 48.6 Å². The molecule has 144 valence electrons. The largest absolute Gasteiger partial charge is 0.445 e. The number of nitrogens with zero attached hydrogens (tertiary/aromatic N) is 1. The number of benzene rings is 1. The van der Waals surface area contributed by atoms with Crippen molar-refractivity contribution in [2.45, 2.75) is 23.4 Å². The standard InChI is InChI=1S/C16H19Cl3NO5P/c1-3-24-26(22,25-4-2)14-10-9-12-7-5-6-8-13(12)20(14)15(21)23-11-16(17,18)19/h5-10,14H,3-4,11H2,1-2H3/t14-/m1/s1. The summed E-state index contributed by atoms with van der Waals surface area (Å²) in [6.07, 6.45) is 2.52. The smallest absolute Gasteiger partial charge is 0.415 e. The van der Waals surface area contributed by atoms with Gasteiger partial charge in [0, 0.05) is 0 Å². The van der Waals surface area contributed by atoms with E-state index in [2.05, 4.69) is 0 Å². The average Bonchev–Trinajstić information content (AvgIpc) is 2.58. The Morgan fingerprint density at radius 2 is 1.81 bits per heavy atom. The van der Waals surface area contributed by atoms with Crippen LogP contribution in [0.4, 0.5) is 10.5 Å². The van der Waals surface area contributed by atoms with Crippen LogP contribution < -0.4 is 4.90 Å². The molecule has 0 unspecified atom stereocenters. The number of hydrogen-bond acceptors (Lipinski definition) is 5. The molecular formula is C16H19Cl3NO5P. The van der Waals surface area contributed by atoms with E-state index < -0.39 is 29.9 Å². The van der Waals surface area contributed by atoms with E-state index in [9.17, 15) is 9.36 Å². The third kappa shape index (κ3) is 5.16. The summed E-state index contributed by atoms with van der Waals surface area (Å²) in [6.45, 7) is 3.23. The van der Waals surface area contributed by atoms with Crippen LogP contribution in [-0.2, 0) is 18.3 Å². The number of carbonyl (C=O) groups is 1. The molecule has 0 bridgehead atoms. The summed E-state index contributed by atoms with van der Waals surface area (Å²) >= 11 is 17.0. The summed E-state index contributed by atoms with van der Waals surface area (Å²) < 4.78 is 27.4.